The van der Waals surface area contributed by atoms with Crippen LogP contribution in [0.25, 0.3) is 0 Å². The van der Waals surface area contributed by atoms with E-state index in [4.69, 9.17) is 4.74 Å². The molecule has 0 heterocycles. The molecule has 1 aliphatic rings. The summed E-state index contributed by atoms with van der Waals surface area (Å²) in [6.07, 6.45) is 4.40. The lowest BCUT2D eigenvalue weighted by molar-refractivity contribution is -0.115. The van der Waals surface area contributed by atoms with E-state index in [2.05, 4.69) is 22.2 Å². The minimum Gasteiger partial charge on any atom is -0.445 e. The average Bonchev–Trinajstić information content (AvgIpc) is 3.21. The number of carbonyl (C=O) groups is 2. The smallest absolute Gasteiger partial charge is 0.407 e. The first-order valence-corrected chi connectivity index (χ1v) is 6.94. The summed E-state index contributed by atoms with van der Waals surface area (Å²) in [6, 6.07) is -0.171. The van der Waals surface area contributed by atoms with E-state index in [0.29, 0.717) is 12.1 Å². The van der Waals surface area contributed by atoms with Gasteiger partial charge in [0.15, 0.2) is 0 Å². The predicted molar refractivity (Wildman–Crippen MR) is 77.9 cm³/mol. The number of amides is 2. The second-order valence-electron chi connectivity index (χ2n) is 4.73. The molecule has 6 nitrogen and oxygen atoms in total. The van der Waals surface area contributed by atoms with E-state index in [0.717, 1.165) is 19.3 Å². The normalized spacial score (nSPS) is 16.2. The molecule has 0 saturated heterocycles. The molecule has 20 heavy (non-hydrogen) atoms. The fourth-order valence-corrected chi connectivity index (χ4v) is 1.79. The molecule has 1 atom stereocenters. The number of alkyl carbamates (subject to hydrolysis) is 1. The largest absolute Gasteiger partial charge is 0.445 e. The Morgan fingerprint density at radius 2 is 2.20 bits per heavy atom. The van der Waals surface area contributed by atoms with Crippen LogP contribution in [0.2, 0.25) is 0 Å². The van der Waals surface area contributed by atoms with Gasteiger partial charge in [-0.05, 0) is 19.3 Å². The number of hydrogen-bond donors (Lipinski definition) is 2. The molecule has 1 rings (SSSR count). The van der Waals surface area contributed by atoms with Gasteiger partial charge >= 0.3 is 6.09 Å². The van der Waals surface area contributed by atoms with Gasteiger partial charge in [-0.2, -0.15) is 0 Å². The molecule has 0 spiro atoms. The van der Waals surface area contributed by atoms with Crippen LogP contribution in [0, 0.1) is 0 Å². The number of aliphatic imine (C=N–C) groups is 1. The molecule has 0 unspecified atom stereocenters. The maximum atomic E-state index is 12.1. The lowest BCUT2D eigenvalue weighted by Crippen LogP contribution is -2.48. The molecule has 2 N–H and O–H groups in total. The van der Waals surface area contributed by atoms with Gasteiger partial charge in [0.05, 0.1) is 6.04 Å². The van der Waals surface area contributed by atoms with Crippen LogP contribution in [0.3, 0.4) is 0 Å². The molecule has 6 heteroatoms. The van der Waals surface area contributed by atoms with Crippen molar-refractivity contribution >= 4 is 17.7 Å². The van der Waals surface area contributed by atoms with Gasteiger partial charge in [-0.15, -0.1) is 0 Å². The van der Waals surface area contributed by atoms with Gasteiger partial charge in [0.2, 0.25) is 0 Å². The summed E-state index contributed by atoms with van der Waals surface area (Å²) >= 11 is 0. The molecule has 1 aliphatic carbocycles. The first kappa shape index (κ1) is 16.2. The van der Waals surface area contributed by atoms with E-state index in [1.165, 1.54) is 6.08 Å². The van der Waals surface area contributed by atoms with Crippen LogP contribution in [0.5, 0.6) is 0 Å². The molecule has 0 aromatic carbocycles. The SMILES string of the molecule is C=CCOC(=O)N[C@@H](CCC)C(=NC)C(=O)NC1CC1. The van der Waals surface area contributed by atoms with E-state index in [9.17, 15) is 9.59 Å². The van der Waals surface area contributed by atoms with E-state index >= 15 is 0 Å². The fraction of sp³-hybridized carbons (Fsp3) is 0.643. The molecule has 1 saturated carbocycles. The first-order valence-electron chi connectivity index (χ1n) is 6.94. The third-order valence-electron chi connectivity index (χ3n) is 2.92. The topological polar surface area (TPSA) is 79.8 Å². The van der Waals surface area contributed by atoms with E-state index in [-0.39, 0.29) is 18.6 Å². The van der Waals surface area contributed by atoms with Gasteiger partial charge in [0.1, 0.15) is 12.3 Å². The number of ether oxygens (including phenoxy) is 1. The summed E-state index contributed by atoms with van der Waals surface area (Å²) in [4.78, 5) is 27.7. The summed E-state index contributed by atoms with van der Waals surface area (Å²) in [6.45, 7) is 5.59. The van der Waals surface area contributed by atoms with Crippen LogP contribution >= 0.6 is 0 Å². The van der Waals surface area contributed by atoms with Gasteiger partial charge in [-0.25, -0.2) is 4.79 Å². The Kier molecular flexibility index (Phi) is 6.76. The van der Waals surface area contributed by atoms with Crippen molar-refractivity contribution in [3.05, 3.63) is 12.7 Å². The Hall–Kier alpha value is -1.85. The van der Waals surface area contributed by atoms with Gasteiger partial charge in [0, 0.05) is 13.1 Å². The average molecular weight is 281 g/mol. The predicted octanol–water partition coefficient (Wildman–Crippen LogP) is 1.42. The Balaban J connectivity index is 2.62. The minimum atomic E-state index is -0.566. The lowest BCUT2D eigenvalue weighted by Gasteiger charge is -2.19. The van der Waals surface area contributed by atoms with Crippen LogP contribution < -0.4 is 10.6 Å². The Bertz CT molecular complexity index is 389. The van der Waals surface area contributed by atoms with E-state index in [1.807, 2.05) is 6.92 Å². The van der Waals surface area contributed by atoms with Gasteiger partial charge < -0.3 is 15.4 Å². The molecule has 0 radical (unpaired) electrons. The second kappa shape index (κ2) is 8.35. The number of nitrogens with zero attached hydrogens (tertiary/aromatic N) is 1. The van der Waals surface area contributed by atoms with Crippen molar-refractivity contribution in [2.24, 2.45) is 4.99 Å². The zero-order valence-electron chi connectivity index (χ0n) is 12.1. The number of rotatable bonds is 8. The quantitative estimate of drug-likeness (QED) is 0.521. The number of carbonyl (C=O) groups excluding carboxylic acids is 2. The molecule has 1 fully saturated rings. The highest BCUT2D eigenvalue weighted by molar-refractivity contribution is 6.41. The highest BCUT2D eigenvalue weighted by Gasteiger charge is 2.29. The highest BCUT2D eigenvalue weighted by atomic mass is 16.5. The van der Waals surface area contributed by atoms with Crippen LogP contribution in [-0.2, 0) is 9.53 Å². The summed E-state index contributed by atoms with van der Waals surface area (Å²) < 4.78 is 4.88. The molecule has 0 aromatic rings. The third kappa shape index (κ3) is 5.42. The molecular formula is C14H23N3O3. The van der Waals surface area contributed by atoms with Gasteiger partial charge in [-0.1, -0.05) is 26.0 Å². The van der Waals surface area contributed by atoms with Crippen LogP contribution in [-0.4, -0.2) is 43.5 Å². The Labute approximate surface area is 119 Å². The van der Waals surface area contributed by atoms with Crippen molar-refractivity contribution in [3.63, 3.8) is 0 Å². The van der Waals surface area contributed by atoms with Crippen LogP contribution in [0.4, 0.5) is 4.79 Å². The standard InChI is InChI=1S/C14H23N3O3/c1-4-6-11(17-14(19)20-9-5-2)12(15-3)13(18)16-10-7-8-10/h5,10-11H,2,4,6-9H2,1,3H3,(H,16,18)(H,17,19)/t11-/m0/s1. The van der Waals surface area contributed by atoms with Gasteiger partial charge in [-0.3, -0.25) is 9.79 Å². The van der Waals surface area contributed by atoms with Crippen molar-refractivity contribution < 1.29 is 14.3 Å². The Morgan fingerprint density at radius 1 is 1.50 bits per heavy atom. The van der Waals surface area contributed by atoms with Crippen molar-refractivity contribution in [3.8, 4) is 0 Å². The molecule has 112 valence electrons. The summed E-state index contributed by atoms with van der Waals surface area (Å²) in [5.74, 6) is -0.211. The molecule has 2 amide bonds. The number of hydrogen-bond acceptors (Lipinski definition) is 4. The van der Waals surface area contributed by atoms with Crippen LogP contribution in [0.15, 0.2) is 17.6 Å². The summed E-state index contributed by atoms with van der Waals surface area (Å²) in [5, 5.41) is 5.56. The molecule has 0 aromatic heterocycles. The van der Waals surface area contributed by atoms with Crippen molar-refractivity contribution in [1.82, 2.24) is 10.6 Å². The summed E-state index contributed by atoms with van der Waals surface area (Å²) in [7, 11) is 1.56. The third-order valence-corrected chi connectivity index (χ3v) is 2.92. The van der Waals surface area contributed by atoms with E-state index < -0.39 is 12.1 Å². The van der Waals surface area contributed by atoms with Crippen LogP contribution in [0.1, 0.15) is 32.6 Å². The van der Waals surface area contributed by atoms with Gasteiger partial charge in [0.25, 0.3) is 5.91 Å². The lowest BCUT2D eigenvalue weighted by atomic mass is 10.1. The maximum Gasteiger partial charge on any atom is 0.407 e. The fourth-order valence-electron chi connectivity index (χ4n) is 1.79. The molecule has 0 bridgehead atoms. The molecule has 0 aliphatic heterocycles. The van der Waals surface area contributed by atoms with Crippen molar-refractivity contribution in [2.75, 3.05) is 13.7 Å². The second-order valence-corrected chi connectivity index (χ2v) is 4.73. The first-order chi connectivity index (χ1) is 9.62. The maximum absolute atomic E-state index is 12.1. The van der Waals surface area contributed by atoms with Crippen molar-refractivity contribution in [1.29, 1.82) is 0 Å². The minimum absolute atomic E-state index is 0.136. The Morgan fingerprint density at radius 3 is 2.70 bits per heavy atom. The summed E-state index contributed by atoms with van der Waals surface area (Å²) in [5.41, 5.74) is 0.342. The highest BCUT2D eigenvalue weighted by Crippen LogP contribution is 2.18. The van der Waals surface area contributed by atoms with E-state index in [1.54, 1.807) is 7.05 Å². The zero-order valence-corrected chi connectivity index (χ0v) is 12.1. The zero-order chi connectivity index (χ0) is 15.0. The molecular weight excluding hydrogens is 258 g/mol. The number of nitrogens with one attached hydrogen (secondary N) is 2. The monoisotopic (exact) mass is 281 g/mol. The van der Waals surface area contributed by atoms with Crippen molar-refractivity contribution in [2.45, 2.75) is 44.7 Å².